The highest BCUT2D eigenvalue weighted by atomic mass is 31.1. The molecule has 1 aliphatic carbocycles. The molecule has 5 N–H and O–H groups in total. The lowest BCUT2D eigenvalue weighted by Crippen LogP contribution is -2.38. The molecule has 3 aliphatic rings. The van der Waals surface area contributed by atoms with Crippen molar-refractivity contribution in [1.29, 1.82) is 0 Å². The van der Waals surface area contributed by atoms with Crippen LogP contribution in [0.2, 0.25) is 0 Å². The highest BCUT2D eigenvalue weighted by Gasteiger charge is 2.51. The molecule has 17 heteroatoms. The fraction of sp³-hybridized carbons (Fsp3) is 0.643. The number of unbranched alkanes of at least 4 members (excludes halogenated alkanes) is 3. The van der Waals surface area contributed by atoms with Crippen LogP contribution in [0, 0.1) is 11.8 Å². The summed E-state index contributed by atoms with van der Waals surface area (Å²) in [5, 5.41) is 12.9. The van der Waals surface area contributed by atoms with Crippen LogP contribution >= 0.6 is 8.25 Å². The number of ether oxygens (including phenoxy) is 2. The normalized spacial score (nSPS) is 27.1. The summed E-state index contributed by atoms with van der Waals surface area (Å²) in [4.78, 5) is 59.4. The molecule has 45 heavy (non-hydrogen) atoms. The van der Waals surface area contributed by atoms with Crippen molar-refractivity contribution in [1.82, 2.24) is 29.7 Å². The van der Waals surface area contributed by atoms with E-state index in [0.29, 0.717) is 37.3 Å². The first-order chi connectivity index (χ1) is 21.8. The number of nitrogens with zero attached hydrogens (tertiary/aromatic N) is 5. The highest BCUT2D eigenvalue weighted by molar-refractivity contribution is 7.32. The van der Waals surface area contributed by atoms with E-state index in [1.54, 1.807) is 4.57 Å². The van der Waals surface area contributed by atoms with E-state index in [9.17, 15) is 28.9 Å². The quantitative estimate of drug-likeness (QED) is 0.121. The zero-order valence-corrected chi connectivity index (χ0v) is 25.7. The van der Waals surface area contributed by atoms with E-state index in [1.165, 1.54) is 29.7 Å². The van der Waals surface area contributed by atoms with Gasteiger partial charge >= 0.3 is 8.25 Å². The van der Waals surface area contributed by atoms with Gasteiger partial charge in [0, 0.05) is 42.3 Å². The summed E-state index contributed by atoms with van der Waals surface area (Å²) in [5.41, 5.74) is 6.66. The van der Waals surface area contributed by atoms with Crippen molar-refractivity contribution in [3.05, 3.63) is 24.8 Å². The molecule has 3 unspecified atom stereocenters. The van der Waals surface area contributed by atoms with Crippen LogP contribution in [0.5, 0.6) is 0 Å². The smallest absolute Gasteiger partial charge is 0.394 e. The van der Waals surface area contributed by atoms with Crippen molar-refractivity contribution >= 4 is 43.0 Å². The second-order valence-corrected chi connectivity index (χ2v) is 12.2. The third kappa shape index (κ3) is 7.88. The second-order valence-electron chi connectivity index (χ2n) is 11.5. The van der Waals surface area contributed by atoms with Crippen LogP contribution in [0.25, 0.3) is 11.2 Å². The third-order valence-electron chi connectivity index (χ3n) is 8.58. The largest absolute Gasteiger partial charge is 0.695 e. The summed E-state index contributed by atoms with van der Waals surface area (Å²) < 4.78 is 30.4. The minimum atomic E-state index is -2.99. The molecule has 244 valence electrons. The molecule has 5 rings (SSSR count). The van der Waals surface area contributed by atoms with Crippen LogP contribution in [0.4, 0.5) is 5.82 Å². The summed E-state index contributed by atoms with van der Waals surface area (Å²) in [7, 11) is -2.99. The SMILES string of the molecule is Nc1ncnc2c1ncn2[C@@H]1O[C@H](CO)C(O[P+](=O)O)C1OCCCCCCNC(=O)C1CCC(CN2C(=O)C=CC2=O)CC1. The van der Waals surface area contributed by atoms with Gasteiger partial charge in [-0.2, -0.15) is 0 Å². The molecular formula is C28H39N7O9P+. The molecule has 0 spiro atoms. The number of hydrogen-bond donors (Lipinski definition) is 4. The van der Waals surface area contributed by atoms with Crippen LogP contribution in [-0.4, -0.2) is 96.8 Å². The fourth-order valence-electron chi connectivity index (χ4n) is 6.18. The van der Waals surface area contributed by atoms with E-state index in [0.717, 1.165) is 44.9 Å². The number of fused-ring (bicyclic) bond motifs is 1. The Kier molecular flexibility index (Phi) is 11.2. The van der Waals surface area contributed by atoms with Gasteiger partial charge in [0.15, 0.2) is 23.8 Å². The number of aliphatic hydroxyl groups excluding tert-OH is 1. The van der Waals surface area contributed by atoms with Gasteiger partial charge < -0.3 is 25.6 Å². The maximum Gasteiger partial charge on any atom is 0.695 e. The van der Waals surface area contributed by atoms with Gasteiger partial charge in [-0.3, -0.25) is 23.9 Å². The lowest BCUT2D eigenvalue weighted by atomic mass is 9.81. The average Bonchev–Trinajstić information content (AvgIpc) is 3.70. The number of hydrogen-bond acceptors (Lipinski definition) is 12. The number of amides is 3. The lowest BCUT2D eigenvalue weighted by Gasteiger charge is -2.30. The highest BCUT2D eigenvalue weighted by Crippen LogP contribution is 2.39. The number of imidazole rings is 1. The molecule has 0 aromatic carbocycles. The van der Waals surface area contributed by atoms with Gasteiger partial charge in [0.1, 0.15) is 24.1 Å². The summed E-state index contributed by atoms with van der Waals surface area (Å²) in [6.45, 7) is 0.823. The maximum atomic E-state index is 12.7. The number of carbonyl (C=O) groups excluding carboxylic acids is 3. The second kappa shape index (κ2) is 15.3. The van der Waals surface area contributed by atoms with Gasteiger partial charge in [-0.1, -0.05) is 12.8 Å². The first-order valence-electron chi connectivity index (χ1n) is 15.2. The molecule has 2 aliphatic heterocycles. The van der Waals surface area contributed by atoms with Crippen molar-refractivity contribution in [2.75, 3.05) is 32.0 Å². The number of nitrogen functional groups attached to an aromatic ring is 1. The van der Waals surface area contributed by atoms with Crippen LogP contribution in [0.15, 0.2) is 24.8 Å². The number of nitrogens with one attached hydrogen (secondary N) is 1. The van der Waals surface area contributed by atoms with Crippen molar-refractivity contribution in [2.24, 2.45) is 11.8 Å². The number of anilines is 1. The molecule has 16 nitrogen and oxygen atoms in total. The average molecular weight is 649 g/mol. The molecule has 1 saturated heterocycles. The number of carbonyl (C=O) groups is 3. The Morgan fingerprint density at radius 2 is 1.80 bits per heavy atom. The summed E-state index contributed by atoms with van der Waals surface area (Å²) in [5.74, 6) is -0.120. The Hall–Kier alpha value is -3.40. The van der Waals surface area contributed by atoms with Crippen LogP contribution < -0.4 is 11.1 Å². The number of aromatic nitrogens is 4. The first kappa shape index (κ1) is 33.0. The molecule has 3 amide bonds. The number of nitrogens with two attached hydrogens (primary N) is 1. The lowest BCUT2D eigenvalue weighted by molar-refractivity contribution is -0.138. The van der Waals surface area contributed by atoms with E-state index in [2.05, 4.69) is 20.3 Å². The van der Waals surface area contributed by atoms with Crippen molar-refractivity contribution in [3.8, 4) is 0 Å². The standard InChI is InChI=1S/C28H38N7O9P/c29-25-22-26(32-15-31-25)35(16-33-22)28-24(23(44-45(40)41)19(14-36)43-28)42-12-4-2-1-3-11-30-27(39)18-7-5-17(6-8-18)13-34-20(37)9-10-21(34)38/h9-10,15-19,23-24,28,36H,1-8,11-14H2,(H3-,29,30,31,32,39,40,41)/p+1/t17?,18?,19-,23?,24?,28-/m1/s1. The molecule has 0 bridgehead atoms. The van der Waals surface area contributed by atoms with Crippen LogP contribution in [0.3, 0.4) is 0 Å². The number of rotatable bonds is 15. The summed E-state index contributed by atoms with van der Waals surface area (Å²) in [6.07, 6.45) is 7.97. The Labute approximate surface area is 260 Å². The topological polar surface area (TPSA) is 221 Å². The first-order valence-corrected chi connectivity index (χ1v) is 16.3. The van der Waals surface area contributed by atoms with Gasteiger partial charge in [0.2, 0.25) is 5.91 Å². The van der Waals surface area contributed by atoms with E-state index >= 15 is 0 Å². The Morgan fingerprint density at radius 3 is 2.51 bits per heavy atom. The van der Waals surface area contributed by atoms with Gasteiger partial charge in [-0.15, -0.1) is 9.42 Å². The number of imide groups is 1. The zero-order valence-electron chi connectivity index (χ0n) is 24.8. The minimum Gasteiger partial charge on any atom is -0.394 e. The monoisotopic (exact) mass is 648 g/mol. The molecule has 1 saturated carbocycles. The van der Waals surface area contributed by atoms with Crippen molar-refractivity contribution in [2.45, 2.75) is 75.9 Å². The van der Waals surface area contributed by atoms with Gasteiger partial charge in [0.25, 0.3) is 11.8 Å². The Bertz CT molecular complexity index is 1400. The Morgan fingerprint density at radius 1 is 1.07 bits per heavy atom. The predicted molar refractivity (Wildman–Crippen MR) is 158 cm³/mol. The number of aliphatic hydroxyl groups is 1. The molecular weight excluding hydrogens is 609 g/mol. The van der Waals surface area contributed by atoms with Gasteiger partial charge in [-0.25, -0.2) is 15.0 Å². The molecule has 2 aromatic rings. The summed E-state index contributed by atoms with van der Waals surface area (Å²) in [6, 6.07) is 0. The molecule has 2 fully saturated rings. The van der Waals surface area contributed by atoms with E-state index < -0.39 is 39.4 Å². The zero-order chi connectivity index (χ0) is 31.9. The van der Waals surface area contributed by atoms with Crippen molar-refractivity contribution < 1.29 is 42.9 Å². The Balaban J connectivity index is 1.02. The maximum absolute atomic E-state index is 12.7. The summed E-state index contributed by atoms with van der Waals surface area (Å²) >= 11 is 0. The van der Waals surface area contributed by atoms with Crippen LogP contribution in [-0.2, 0) is 32.9 Å². The van der Waals surface area contributed by atoms with Crippen LogP contribution in [0.1, 0.15) is 57.6 Å². The molecule has 4 heterocycles. The van der Waals surface area contributed by atoms with E-state index in [-0.39, 0.29) is 35.4 Å². The molecule has 2 aromatic heterocycles. The third-order valence-corrected chi connectivity index (χ3v) is 9.00. The van der Waals surface area contributed by atoms with E-state index in [4.69, 9.17) is 19.7 Å². The molecule has 0 radical (unpaired) electrons. The van der Waals surface area contributed by atoms with Crippen molar-refractivity contribution in [3.63, 3.8) is 0 Å². The van der Waals surface area contributed by atoms with E-state index in [1.807, 2.05) is 0 Å². The minimum absolute atomic E-state index is 0.0461. The predicted octanol–water partition coefficient (Wildman–Crippen LogP) is 1.13. The van der Waals surface area contributed by atoms with Gasteiger partial charge in [0.05, 0.1) is 12.9 Å². The molecule has 5 atom stereocenters. The fourth-order valence-corrected chi connectivity index (χ4v) is 6.64. The van der Waals surface area contributed by atoms with Gasteiger partial charge in [-0.05, 0) is 44.4 Å².